The molecule has 0 N–H and O–H groups in total. The molecular formula is C15H29N. The van der Waals surface area contributed by atoms with Crippen LogP contribution in [0.25, 0.3) is 0 Å². The zero-order chi connectivity index (χ0) is 12.2. The summed E-state index contributed by atoms with van der Waals surface area (Å²) >= 11 is 0. The largest absolute Gasteiger partial charge is 0.303 e. The summed E-state index contributed by atoms with van der Waals surface area (Å²) in [6.45, 7) is 7.25. The predicted octanol–water partition coefficient (Wildman–Crippen LogP) is 4.08. The van der Waals surface area contributed by atoms with Gasteiger partial charge >= 0.3 is 0 Å². The molecule has 0 bridgehead atoms. The molecule has 0 saturated carbocycles. The lowest BCUT2D eigenvalue weighted by Gasteiger charge is -2.18. The van der Waals surface area contributed by atoms with E-state index in [-0.39, 0.29) is 0 Å². The number of hydrogen-bond donors (Lipinski definition) is 0. The molecule has 1 atom stereocenters. The van der Waals surface area contributed by atoms with Crippen LogP contribution in [0.5, 0.6) is 0 Å². The Morgan fingerprint density at radius 3 is 2.25 bits per heavy atom. The van der Waals surface area contributed by atoms with Crippen LogP contribution in [0.2, 0.25) is 0 Å². The van der Waals surface area contributed by atoms with Crippen LogP contribution in [0.4, 0.5) is 0 Å². The first-order chi connectivity index (χ1) is 7.76. The third-order valence-corrected chi connectivity index (χ3v) is 3.31. The molecule has 1 heterocycles. The smallest absolute Gasteiger partial charge is 0.00926 e. The Labute approximate surface area is 103 Å². The molecule has 0 spiro atoms. The van der Waals surface area contributed by atoms with Gasteiger partial charge in [-0.2, -0.15) is 0 Å². The van der Waals surface area contributed by atoms with E-state index in [4.69, 9.17) is 0 Å². The predicted molar refractivity (Wildman–Crippen MR) is 73.5 cm³/mol. The second-order valence-electron chi connectivity index (χ2n) is 4.63. The maximum atomic E-state index is 2.68. The van der Waals surface area contributed by atoms with E-state index in [0.717, 1.165) is 6.04 Å². The fourth-order valence-electron chi connectivity index (χ4n) is 2.15. The summed E-state index contributed by atoms with van der Waals surface area (Å²) in [5.41, 5.74) is 0. The van der Waals surface area contributed by atoms with Crippen molar-refractivity contribution in [3.8, 4) is 11.8 Å². The van der Waals surface area contributed by atoms with Gasteiger partial charge in [-0.1, -0.05) is 32.6 Å². The van der Waals surface area contributed by atoms with Crippen molar-refractivity contribution in [1.82, 2.24) is 4.90 Å². The topological polar surface area (TPSA) is 3.24 Å². The van der Waals surface area contributed by atoms with E-state index in [0.29, 0.717) is 0 Å². The molecule has 16 heavy (non-hydrogen) atoms. The fourth-order valence-corrected chi connectivity index (χ4v) is 2.15. The lowest BCUT2D eigenvalue weighted by atomic mass is 10.1. The molecule has 1 rings (SSSR count). The third-order valence-electron chi connectivity index (χ3n) is 3.31. The molecule has 1 aliphatic rings. The lowest BCUT2D eigenvalue weighted by molar-refractivity contribution is 0.289. The van der Waals surface area contributed by atoms with Gasteiger partial charge in [-0.05, 0) is 46.7 Å². The van der Waals surface area contributed by atoms with Crippen LogP contribution in [0, 0.1) is 11.8 Å². The maximum Gasteiger partial charge on any atom is 0.00926 e. The number of hydrogen-bond acceptors (Lipinski definition) is 1. The Morgan fingerprint density at radius 1 is 1.12 bits per heavy atom. The summed E-state index contributed by atoms with van der Waals surface area (Å²) in [5, 5.41) is 0. The van der Waals surface area contributed by atoms with Gasteiger partial charge in [-0.25, -0.2) is 0 Å². The quantitative estimate of drug-likeness (QED) is 0.501. The van der Waals surface area contributed by atoms with Crippen molar-refractivity contribution < 1.29 is 0 Å². The Bertz CT molecular complexity index is 193. The summed E-state index contributed by atoms with van der Waals surface area (Å²) < 4.78 is 0. The van der Waals surface area contributed by atoms with Gasteiger partial charge in [-0.3, -0.25) is 0 Å². The van der Waals surface area contributed by atoms with Crippen LogP contribution < -0.4 is 0 Å². The minimum atomic E-state index is 0.918. The van der Waals surface area contributed by atoms with E-state index in [1.807, 2.05) is 13.8 Å². The molecule has 0 aromatic carbocycles. The molecule has 0 amide bonds. The first-order valence-corrected chi connectivity index (χ1v) is 6.80. The molecule has 94 valence electrons. The summed E-state index contributed by atoms with van der Waals surface area (Å²) in [6.07, 6.45) is 9.99. The molecule has 1 unspecified atom stereocenters. The van der Waals surface area contributed by atoms with Gasteiger partial charge in [0.2, 0.25) is 0 Å². The SMILES string of the molecule is CC#CC.CCCCCCC1CCCN1C. The van der Waals surface area contributed by atoms with Gasteiger partial charge in [0.25, 0.3) is 0 Å². The highest BCUT2D eigenvalue weighted by atomic mass is 15.1. The lowest BCUT2D eigenvalue weighted by Crippen LogP contribution is -2.24. The molecule has 1 nitrogen and oxygen atoms in total. The zero-order valence-electron chi connectivity index (χ0n) is 11.7. The van der Waals surface area contributed by atoms with E-state index < -0.39 is 0 Å². The van der Waals surface area contributed by atoms with Crippen LogP contribution in [0.15, 0.2) is 0 Å². The molecule has 0 aromatic heterocycles. The maximum absolute atomic E-state index is 2.68. The third kappa shape index (κ3) is 7.77. The molecule has 0 radical (unpaired) electrons. The average Bonchev–Trinajstić information content (AvgIpc) is 2.71. The summed E-state index contributed by atoms with van der Waals surface area (Å²) in [6, 6.07) is 0.918. The monoisotopic (exact) mass is 223 g/mol. The second kappa shape index (κ2) is 11.0. The molecule has 0 aromatic rings. The minimum absolute atomic E-state index is 0.918. The van der Waals surface area contributed by atoms with Gasteiger partial charge in [0.1, 0.15) is 0 Å². The number of likely N-dealkylation sites (tertiary alicyclic amines) is 1. The van der Waals surface area contributed by atoms with E-state index in [1.165, 1.54) is 51.5 Å². The van der Waals surface area contributed by atoms with Gasteiger partial charge in [0, 0.05) is 6.04 Å². The number of unbranched alkanes of at least 4 members (excludes halogenated alkanes) is 3. The molecule has 1 heteroatoms. The first-order valence-electron chi connectivity index (χ1n) is 6.80. The van der Waals surface area contributed by atoms with E-state index in [2.05, 4.69) is 30.7 Å². The van der Waals surface area contributed by atoms with Crippen molar-refractivity contribution in [1.29, 1.82) is 0 Å². The van der Waals surface area contributed by atoms with Crippen molar-refractivity contribution in [3.05, 3.63) is 0 Å². The standard InChI is InChI=1S/C11H23N.C4H6/c1-3-4-5-6-8-11-9-7-10-12(11)2;1-3-4-2/h11H,3-10H2,1-2H3;1-2H3. The van der Waals surface area contributed by atoms with Gasteiger partial charge in [-0.15, -0.1) is 11.8 Å². The van der Waals surface area contributed by atoms with Crippen molar-refractivity contribution >= 4 is 0 Å². The fraction of sp³-hybridized carbons (Fsp3) is 0.867. The molecule has 0 aliphatic carbocycles. The molecule has 1 saturated heterocycles. The van der Waals surface area contributed by atoms with Crippen molar-refractivity contribution in [2.75, 3.05) is 13.6 Å². The Morgan fingerprint density at radius 2 is 1.81 bits per heavy atom. The first kappa shape index (κ1) is 15.5. The number of nitrogens with zero attached hydrogens (tertiary/aromatic N) is 1. The highest BCUT2D eigenvalue weighted by Gasteiger charge is 2.19. The van der Waals surface area contributed by atoms with Gasteiger partial charge in [0.05, 0.1) is 0 Å². The Hall–Kier alpha value is -0.480. The van der Waals surface area contributed by atoms with Crippen LogP contribution >= 0.6 is 0 Å². The van der Waals surface area contributed by atoms with Gasteiger partial charge in [0.15, 0.2) is 0 Å². The van der Waals surface area contributed by atoms with E-state index >= 15 is 0 Å². The van der Waals surface area contributed by atoms with Crippen molar-refractivity contribution in [3.63, 3.8) is 0 Å². The van der Waals surface area contributed by atoms with E-state index in [9.17, 15) is 0 Å². The Balaban J connectivity index is 0.000000487. The summed E-state index contributed by atoms with van der Waals surface area (Å²) in [5.74, 6) is 5.36. The van der Waals surface area contributed by atoms with Crippen molar-refractivity contribution in [2.24, 2.45) is 0 Å². The van der Waals surface area contributed by atoms with Crippen LogP contribution in [-0.4, -0.2) is 24.5 Å². The molecular weight excluding hydrogens is 194 g/mol. The van der Waals surface area contributed by atoms with Gasteiger partial charge < -0.3 is 4.90 Å². The second-order valence-corrected chi connectivity index (χ2v) is 4.63. The van der Waals surface area contributed by atoms with Crippen LogP contribution in [0.1, 0.15) is 65.7 Å². The minimum Gasteiger partial charge on any atom is -0.303 e. The van der Waals surface area contributed by atoms with Crippen LogP contribution in [-0.2, 0) is 0 Å². The normalized spacial score (nSPS) is 19.6. The molecule has 1 aliphatic heterocycles. The zero-order valence-corrected chi connectivity index (χ0v) is 11.7. The Kier molecular flexibility index (Phi) is 10.7. The van der Waals surface area contributed by atoms with Crippen molar-refractivity contribution in [2.45, 2.75) is 71.8 Å². The summed E-state index contributed by atoms with van der Waals surface area (Å²) in [7, 11) is 2.28. The number of rotatable bonds is 5. The highest BCUT2D eigenvalue weighted by Crippen LogP contribution is 2.20. The average molecular weight is 223 g/mol. The van der Waals surface area contributed by atoms with E-state index in [1.54, 1.807) is 0 Å². The molecule has 1 fully saturated rings. The van der Waals surface area contributed by atoms with Crippen LogP contribution in [0.3, 0.4) is 0 Å². The summed E-state index contributed by atoms with van der Waals surface area (Å²) in [4.78, 5) is 2.53. The highest BCUT2D eigenvalue weighted by molar-refractivity contribution is 4.89.